The summed E-state index contributed by atoms with van der Waals surface area (Å²) >= 11 is 0. The summed E-state index contributed by atoms with van der Waals surface area (Å²) in [4.78, 5) is 4.76. The molecule has 4 rings (SSSR count). The van der Waals surface area contributed by atoms with Crippen LogP contribution in [-0.4, -0.2) is 44.9 Å². The van der Waals surface area contributed by atoms with Gasteiger partial charge < -0.3 is 15.2 Å². The number of rotatable bonds is 9. The maximum atomic E-state index is 12.2. The molecular formula is C26H26N2O5S. The monoisotopic (exact) mass is 478 g/mol. The van der Waals surface area contributed by atoms with Crippen molar-refractivity contribution in [1.29, 1.82) is 0 Å². The lowest BCUT2D eigenvalue weighted by molar-refractivity contribution is 0.0649. The van der Waals surface area contributed by atoms with Gasteiger partial charge in [-0.1, -0.05) is 35.9 Å². The number of aryl methyl sites for hydroxylation is 1. The molecule has 0 aliphatic carbocycles. The normalized spacial score (nSPS) is 12.4. The highest BCUT2D eigenvalue weighted by atomic mass is 32.2. The number of hydrogen-bond donors (Lipinski definition) is 2. The van der Waals surface area contributed by atoms with Crippen molar-refractivity contribution in [3.05, 3.63) is 84.4 Å². The maximum absolute atomic E-state index is 12.2. The first-order chi connectivity index (χ1) is 16.3. The number of fused-ring (bicyclic) bond motifs is 1. The summed E-state index contributed by atoms with van der Waals surface area (Å²) < 4.78 is 35.1. The first kappa shape index (κ1) is 23.7. The zero-order valence-electron chi connectivity index (χ0n) is 18.9. The zero-order chi connectivity index (χ0) is 24.1. The van der Waals surface area contributed by atoms with Gasteiger partial charge in [-0.05, 0) is 55.5 Å². The van der Waals surface area contributed by atoms with Crippen LogP contribution >= 0.6 is 0 Å². The Balaban J connectivity index is 1.36. The van der Waals surface area contributed by atoms with E-state index < -0.39 is 22.8 Å². The van der Waals surface area contributed by atoms with E-state index in [1.807, 2.05) is 62.5 Å². The average Bonchev–Trinajstić information content (AvgIpc) is 2.86. The quantitative estimate of drug-likeness (QED) is 0.344. The van der Waals surface area contributed by atoms with Gasteiger partial charge in [-0.15, -0.1) is 0 Å². The van der Waals surface area contributed by atoms with Gasteiger partial charge in [0.2, 0.25) is 0 Å². The van der Waals surface area contributed by atoms with Crippen LogP contribution in [0.15, 0.2) is 83.8 Å². The van der Waals surface area contributed by atoms with E-state index >= 15 is 0 Å². The number of aromatic nitrogens is 1. The van der Waals surface area contributed by atoms with Gasteiger partial charge >= 0.3 is 0 Å². The third-order valence-corrected chi connectivity index (χ3v) is 6.59. The van der Waals surface area contributed by atoms with Crippen LogP contribution in [0.4, 0.5) is 5.69 Å². The van der Waals surface area contributed by atoms with Crippen LogP contribution in [0.3, 0.4) is 0 Å². The third-order valence-electron chi connectivity index (χ3n) is 5.30. The van der Waals surface area contributed by atoms with Gasteiger partial charge in [-0.2, -0.15) is 8.42 Å². The van der Waals surface area contributed by atoms with E-state index in [0.29, 0.717) is 5.75 Å². The molecule has 0 aliphatic rings. The van der Waals surface area contributed by atoms with Crippen LogP contribution < -0.4 is 10.1 Å². The molecule has 0 saturated heterocycles. The second-order valence-electron chi connectivity index (χ2n) is 7.89. The van der Waals surface area contributed by atoms with Crippen LogP contribution in [0, 0.1) is 6.92 Å². The van der Waals surface area contributed by atoms with Crippen LogP contribution in [0.5, 0.6) is 5.75 Å². The number of nitrogens with zero attached hydrogens (tertiary/aromatic N) is 1. The minimum atomic E-state index is -3.94. The third kappa shape index (κ3) is 5.72. The number of aliphatic hydroxyl groups excluding tert-OH is 1. The molecule has 1 unspecified atom stereocenters. The van der Waals surface area contributed by atoms with Gasteiger partial charge in [0.15, 0.2) is 0 Å². The van der Waals surface area contributed by atoms with Crippen molar-refractivity contribution in [2.75, 3.05) is 25.6 Å². The molecule has 0 aliphatic heterocycles. The fourth-order valence-corrected chi connectivity index (χ4v) is 4.29. The minimum Gasteiger partial charge on any atom is -0.491 e. The molecule has 7 nitrogen and oxygen atoms in total. The highest BCUT2D eigenvalue weighted by Crippen LogP contribution is 2.25. The molecule has 0 saturated carbocycles. The fraction of sp³-hybridized carbons (Fsp3) is 0.192. The Morgan fingerprint density at radius 2 is 1.68 bits per heavy atom. The number of pyridine rings is 1. The van der Waals surface area contributed by atoms with Crippen molar-refractivity contribution < 1.29 is 22.4 Å². The molecule has 1 atom stereocenters. The number of anilines is 1. The van der Waals surface area contributed by atoms with Gasteiger partial charge in [-0.3, -0.25) is 4.18 Å². The van der Waals surface area contributed by atoms with E-state index in [-0.39, 0.29) is 11.5 Å². The lowest BCUT2D eigenvalue weighted by atomic mass is 10.1. The zero-order valence-corrected chi connectivity index (χ0v) is 19.7. The van der Waals surface area contributed by atoms with Crippen molar-refractivity contribution in [2.24, 2.45) is 0 Å². The SMILES string of the molecule is CNc1ccc(-c2ccc3cc(OCC(O)COS(=O)(=O)c4ccc(C)cc4)ccc3n2)cc1. The Labute approximate surface area is 199 Å². The largest absolute Gasteiger partial charge is 0.491 e. The van der Waals surface area contributed by atoms with Gasteiger partial charge in [0.25, 0.3) is 10.1 Å². The second-order valence-corrected chi connectivity index (χ2v) is 9.51. The maximum Gasteiger partial charge on any atom is 0.297 e. The van der Waals surface area contributed by atoms with Crippen LogP contribution in [0.2, 0.25) is 0 Å². The molecule has 8 heteroatoms. The second kappa shape index (κ2) is 10.2. The number of benzene rings is 3. The molecule has 1 heterocycles. The van der Waals surface area contributed by atoms with Crippen molar-refractivity contribution in [3.8, 4) is 17.0 Å². The topological polar surface area (TPSA) is 97.7 Å². The summed E-state index contributed by atoms with van der Waals surface area (Å²) in [6.07, 6.45) is -1.11. The molecule has 4 aromatic rings. The predicted molar refractivity (Wildman–Crippen MR) is 133 cm³/mol. The summed E-state index contributed by atoms with van der Waals surface area (Å²) in [5.74, 6) is 0.542. The van der Waals surface area contributed by atoms with Crippen molar-refractivity contribution in [3.63, 3.8) is 0 Å². The Bertz CT molecular complexity index is 1370. The smallest absolute Gasteiger partial charge is 0.297 e. The van der Waals surface area contributed by atoms with Crippen LogP contribution in [-0.2, 0) is 14.3 Å². The van der Waals surface area contributed by atoms with E-state index in [2.05, 4.69) is 5.32 Å². The molecule has 0 fully saturated rings. The molecule has 0 bridgehead atoms. The summed E-state index contributed by atoms with van der Waals surface area (Å²) in [5, 5.41) is 14.1. The Hall–Kier alpha value is -3.46. The molecule has 0 radical (unpaired) electrons. The Morgan fingerprint density at radius 3 is 2.38 bits per heavy atom. The number of ether oxygens (including phenoxy) is 1. The van der Waals surface area contributed by atoms with Gasteiger partial charge in [0.05, 0.1) is 22.7 Å². The number of nitrogens with one attached hydrogen (secondary N) is 1. The molecule has 3 aromatic carbocycles. The minimum absolute atomic E-state index is 0.0468. The standard InChI is InChI=1S/C26H26N2O5S/c1-18-3-11-24(12-4-18)34(30,31)33-17-22(29)16-32-23-10-14-26-20(15-23)7-13-25(28-26)19-5-8-21(27-2)9-6-19/h3-15,22,27,29H,16-17H2,1-2H3. The fourth-order valence-electron chi connectivity index (χ4n) is 3.34. The van der Waals surface area contributed by atoms with Gasteiger partial charge in [0.1, 0.15) is 18.5 Å². The molecule has 1 aromatic heterocycles. The van der Waals surface area contributed by atoms with E-state index in [0.717, 1.165) is 33.4 Å². The molecule has 176 valence electrons. The van der Waals surface area contributed by atoms with Crippen molar-refractivity contribution in [2.45, 2.75) is 17.9 Å². The number of hydrogen-bond acceptors (Lipinski definition) is 7. The summed E-state index contributed by atoms with van der Waals surface area (Å²) in [7, 11) is -2.06. The van der Waals surface area contributed by atoms with Gasteiger partial charge in [0, 0.05) is 23.7 Å². The van der Waals surface area contributed by atoms with E-state index in [1.165, 1.54) is 12.1 Å². The molecule has 34 heavy (non-hydrogen) atoms. The van der Waals surface area contributed by atoms with Crippen LogP contribution in [0.25, 0.3) is 22.2 Å². The lowest BCUT2D eigenvalue weighted by Crippen LogP contribution is -2.25. The molecular weight excluding hydrogens is 452 g/mol. The molecule has 0 amide bonds. The Morgan fingerprint density at radius 1 is 0.941 bits per heavy atom. The molecule has 0 spiro atoms. The summed E-state index contributed by atoms with van der Waals surface area (Å²) in [5.41, 5.74) is 4.68. The first-order valence-corrected chi connectivity index (χ1v) is 12.2. The first-order valence-electron chi connectivity index (χ1n) is 10.8. The molecule has 2 N–H and O–H groups in total. The lowest BCUT2D eigenvalue weighted by Gasteiger charge is -2.13. The van der Waals surface area contributed by atoms with Gasteiger partial charge in [-0.25, -0.2) is 4.98 Å². The summed E-state index contributed by atoms with van der Waals surface area (Å²) in [6, 6.07) is 23.7. The predicted octanol–water partition coefficient (Wildman–Crippen LogP) is 4.40. The van der Waals surface area contributed by atoms with E-state index in [1.54, 1.807) is 18.2 Å². The van der Waals surface area contributed by atoms with Crippen molar-refractivity contribution >= 4 is 26.7 Å². The van der Waals surface area contributed by atoms with E-state index in [9.17, 15) is 13.5 Å². The highest BCUT2D eigenvalue weighted by molar-refractivity contribution is 7.86. The summed E-state index contributed by atoms with van der Waals surface area (Å²) in [6.45, 7) is 1.35. The highest BCUT2D eigenvalue weighted by Gasteiger charge is 2.18. The van der Waals surface area contributed by atoms with E-state index in [4.69, 9.17) is 13.9 Å². The number of aliphatic hydroxyl groups is 1. The Kier molecular flexibility index (Phi) is 7.12. The average molecular weight is 479 g/mol. The van der Waals surface area contributed by atoms with Crippen molar-refractivity contribution in [1.82, 2.24) is 4.98 Å². The van der Waals surface area contributed by atoms with Crippen LogP contribution in [0.1, 0.15) is 5.56 Å².